The molecule has 1 aliphatic rings. The Morgan fingerprint density at radius 1 is 1.19 bits per heavy atom. The standard InChI is InChI=1S/C17H19BrN2O4S2/c18-15-4-2-1-3-13(15)11-16(21)19-12-14-5-6-17(25-14)26(22,23)20-7-9-24-10-8-20/h1-6H,7-12H2,(H,19,21). The number of rotatable bonds is 6. The maximum atomic E-state index is 12.6. The van der Waals surface area contributed by atoms with Crippen LogP contribution in [-0.4, -0.2) is 44.9 Å². The molecule has 26 heavy (non-hydrogen) atoms. The molecule has 0 unspecified atom stereocenters. The highest BCUT2D eigenvalue weighted by Gasteiger charge is 2.27. The van der Waals surface area contributed by atoms with Crippen molar-refractivity contribution in [2.24, 2.45) is 0 Å². The fourth-order valence-electron chi connectivity index (χ4n) is 2.57. The van der Waals surface area contributed by atoms with Crippen LogP contribution in [0, 0.1) is 0 Å². The number of ether oxygens (including phenoxy) is 1. The molecule has 0 bridgehead atoms. The molecule has 1 aromatic heterocycles. The van der Waals surface area contributed by atoms with E-state index < -0.39 is 10.0 Å². The van der Waals surface area contributed by atoms with E-state index >= 15 is 0 Å². The second kappa shape index (κ2) is 8.62. The predicted octanol–water partition coefficient (Wildman–Crippen LogP) is 2.39. The van der Waals surface area contributed by atoms with Gasteiger partial charge >= 0.3 is 0 Å². The van der Waals surface area contributed by atoms with Crippen molar-refractivity contribution in [2.45, 2.75) is 17.2 Å². The van der Waals surface area contributed by atoms with Crippen molar-refractivity contribution in [3.05, 3.63) is 51.3 Å². The van der Waals surface area contributed by atoms with Crippen LogP contribution in [-0.2, 0) is 32.5 Å². The summed E-state index contributed by atoms with van der Waals surface area (Å²) in [6.07, 6.45) is 0.270. The van der Waals surface area contributed by atoms with Crippen LogP contribution in [0.3, 0.4) is 0 Å². The zero-order valence-electron chi connectivity index (χ0n) is 14.0. The third-order valence-electron chi connectivity index (χ3n) is 3.97. The Bertz CT molecular complexity index is 876. The van der Waals surface area contributed by atoms with Gasteiger partial charge in [0.15, 0.2) is 0 Å². The molecular formula is C17H19BrN2O4S2. The van der Waals surface area contributed by atoms with Crippen LogP contribution < -0.4 is 5.32 Å². The predicted molar refractivity (Wildman–Crippen MR) is 104 cm³/mol. The van der Waals surface area contributed by atoms with Crippen molar-refractivity contribution in [1.82, 2.24) is 9.62 Å². The van der Waals surface area contributed by atoms with Gasteiger partial charge in [-0.2, -0.15) is 4.31 Å². The molecular weight excluding hydrogens is 440 g/mol. The number of hydrogen-bond donors (Lipinski definition) is 1. The molecule has 1 fully saturated rings. The molecule has 1 N–H and O–H groups in total. The van der Waals surface area contributed by atoms with Gasteiger partial charge in [-0.3, -0.25) is 4.79 Å². The van der Waals surface area contributed by atoms with E-state index in [1.165, 1.54) is 15.6 Å². The summed E-state index contributed by atoms with van der Waals surface area (Å²) in [5.41, 5.74) is 0.909. The zero-order chi connectivity index (χ0) is 18.6. The number of thiophene rings is 1. The number of benzene rings is 1. The van der Waals surface area contributed by atoms with E-state index in [0.29, 0.717) is 37.1 Å². The second-order valence-corrected chi connectivity index (χ2v) is 9.97. The summed E-state index contributed by atoms with van der Waals surface area (Å²) in [4.78, 5) is 12.9. The minimum absolute atomic E-state index is 0.108. The van der Waals surface area contributed by atoms with Gasteiger partial charge in [0.2, 0.25) is 5.91 Å². The summed E-state index contributed by atoms with van der Waals surface area (Å²) >= 11 is 4.62. The maximum absolute atomic E-state index is 12.6. The lowest BCUT2D eigenvalue weighted by Crippen LogP contribution is -2.40. The van der Waals surface area contributed by atoms with Crippen LogP contribution in [0.5, 0.6) is 0 Å². The minimum Gasteiger partial charge on any atom is -0.379 e. The molecule has 6 nitrogen and oxygen atoms in total. The molecule has 1 amide bonds. The van der Waals surface area contributed by atoms with Gasteiger partial charge in [-0.25, -0.2) is 8.42 Å². The number of carbonyl (C=O) groups is 1. The van der Waals surface area contributed by atoms with E-state index in [1.807, 2.05) is 24.3 Å². The molecule has 1 saturated heterocycles. The highest BCUT2D eigenvalue weighted by atomic mass is 79.9. The first-order chi connectivity index (χ1) is 12.5. The van der Waals surface area contributed by atoms with Crippen LogP contribution in [0.25, 0.3) is 0 Å². The van der Waals surface area contributed by atoms with Crippen LogP contribution in [0.2, 0.25) is 0 Å². The Labute approximate surface area is 165 Å². The number of nitrogens with zero attached hydrogens (tertiary/aromatic N) is 1. The monoisotopic (exact) mass is 458 g/mol. The van der Waals surface area contributed by atoms with E-state index in [0.717, 1.165) is 14.9 Å². The minimum atomic E-state index is -3.48. The van der Waals surface area contributed by atoms with Gasteiger partial charge in [0.1, 0.15) is 4.21 Å². The van der Waals surface area contributed by atoms with Gasteiger partial charge in [0, 0.05) is 22.4 Å². The van der Waals surface area contributed by atoms with Crippen molar-refractivity contribution < 1.29 is 17.9 Å². The normalized spacial score (nSPS) is 15.7. The van der Waals surface area contributed by atoms with Gasteiger partial charge in [0.05, 0.1) is 26.2 Å². The maximum Gasteiger partial charge on any atom is 0.252 e. The van der Waals surface area contributed by atoms with E-state index in [9.17, 15) is 13.2 Å². The molecule has 1 aliphatic heterocycles. The number of halogens is 1. The van der Waals surface area contributed by atoms with E-state index in [4.69, 9.17) is 4.74 Å². The van der Waals surface area contributed by atoms with Crippen molar-refractivity contribution in [3.8, 4) is 0 Å². The zero-order valence-corrected chi connectivity index (χ0v) is 17.2. The molecule has 0 radical (unpaired) electrons. The first kappa shape index (κ1) is 19.5. The summed E-state index contributed by atoms with van der Waals surface area (Å²) in [5, 5.41) is 2.84. The number of carbonyl (C=O) groups excluding carboxylic acids is 1. The highest BCUT2D eigenvalue weighted by Crippen LogP contribution is 2.25. The van der Waals surface area contributed by atoms with Crippen molar-refractivity contribution >= 4 is 43.2 Å². The Balaban J connectivity index is 1.58. The summed E-state index contributed by atoms with van der Waals surface area (Å²) in [6.45, 7) is 1.90. The average molecular weight is 459 g/mol. The summed E-state index contributed by atoms with van der Waals surface area (Å²) in [7, 11) is -3.48. The van der Waals surface area contributed by atoms with E-state index in [1.54, 1.807) is 12.1 Å². The van der Waals surface area contributed by atoms with Crippen LogP contribution in [0.4, 0.5) is 0 Å². The highest BCUT2D eigenvalue weighted by molar-refractivity contribution is 9.10. The lowest BCUT2D eigenvalue weighted by Gasteiger charge is -2.25. The lowest BCUT2D eigenvalue weighted by molar-refractivity contribution is -0.120. The molecule has 0 atom stereocenters. The SMILES string of the molecule is O=C(Cc1ccccc1Br)NCc1ccc(S(=O)(=O)N2CCOCC2)s1. The van der Waals surface area contributed by atoms with Gasteiger partial charge in [0.25, 0.3) is 10.0 Å². The van der Waals surface area contributed by atoms with Gasteiger partial charge in [-0.05, 0) is 23.8 Å². The van der Waals surface area contributed by atoms with Gasteiger partial charge in [-0.1, -0.05) is 34.1 Å². The molecule has 1 aromatic carbocycles. The van der Waals surface area contributed by atoms with E-state index in [2.05, 4.69) is 21.2 Å². The third-order valence-corrected chi connectivity index (χ3v) is 8.19. The molecule has 3 rings (SSSR count). The van der Waals surface area contributed by atoms with Crippen LogP contribution >= 0.6 is 27.3 Å². The van der Waals surface area contributed by atoms with Gasteiger partial charge in [-0.15, -0.1) is 11.3 Å². The summed E-state index contributed by atoms with van der Waals surface area (Å²) in [5.74, 6) is -0.108. The van der Waals surface area contributed by atoms with E-state index in [-0.39, 0.29) is 12.3 Å². The number of hydrogen-bond acceptors (Lipinski definition) is 5. The first-order valence-electron chi connectivity index (χ1n) is 8.13. The average Bonchev–Trinajstić information content (AvgIpc) is 3.13. The van der Waals surface area contributed by atoms with Crippen LogP contribution in [0.15, 0.2) is 45.1 Å². The van der Waals surface area contributed by atoms with Crippen molar-refractivity contribution in [2.75, 3.05) is 26.3 Å². The van der Waals surface area contributed by atoms with Crippen molar-refractivity contribution in [1.29, 1.82) is 0 Å². The lowest BCUT2D eigenvalue weighted by atomic mass is 10.1. The number of morpholine rings is 1. The summed E-state index contributed by atoms with van der Waals surface area (Å²) < 4.78 is 33.1. The summed E-state index contributed by atoms with van der Waals surface area (Å²) in [6, 6.07) is 10.9. The molecule has 2 heterocycles. The first-order valence-corrected chi connectivity index (χ1v) is 11.2. The quantitative estimate of drug-likeness (QED) is 0.720. The smallest absolute Gasteiger partial charge is 0.252 e. The number of amides is 1. The second-order valence-electron chi connectivity index (χ2n) is 5.78. The molecule has 140 valence electrons. The third kappa shape index (κ3) is 4.72. The van der Waals surface area contributed by atoms with Crippen molar-refractivity contribution in [3.63, 3.8) is 0 Å². The molecule has 0 saturated carbocycles. The molecule has 0 spiro atoms. The van der Waals surface area contributed by atoms with Gasteiger partial charge < -0.3 is 10.1 Å². The number of nitrogens with one attached hydrogen (secondary N) is 1. The Hall–Kier alpha value is -1.26. The molecule has 2 aromatic rings. The fraction of sp³-hybridized carbons (Fsp3) is 0.353. The Morgan fingerprint density at radius 3 is 2.65 bits per heavy atom. The topological polar surface area (TPSA) is 75.7 Å². The number of sulfonamides is 1. The molecule has 9 heteroatoms. The molecule has 0 aliphatic carbocycles. The Kier molecular flexibility index (Phi) is 6.46. The Morgan fingerprint density at radius 2 is 1.92 bits per heavy atom. The fourth-order valence-corrected chi connectivity index (χ4v) is 5.85. The van der Waals surface area contributed by atoms with Crippen LogP contribution in [0.1, 0.15) is 10.4 Å². The largest absolute Gasteiger partial charge is 0.379 e.